The molecule has 1 aromatic carbocycles. The van der Waals surface area contributed by atoms with Gasteiger partial charge in [0.2, 0.25) is 0 Å². The molecule has 4 N–H and O–H groups in total. The molecule has 6 heteroatoms. The van der Waals surface area contributed by atoms with Gasteiger partial charge >= 0.3 is 11.9 Å². The molecule has 1 aromatic rings. The van der Waals surface area contributed by atoms with Gasteiger partial charge in [0.25, 0.3) is 0 Å². The van der Waals surface area contributed by atoms with E-state index in [1.54, 1.807) is 41.5 Å². The van der Waals surface area contributed by atoms with Gasteiger partial charge in [-0.3, -0.25) is 9.59 Å². The van der Waals surface area contributed by atoms with Crippen molar-refractivity contribution in [2.75, 3.05) is 0 Å². The van der Waals surface area contributed by atoms with Gasteiger partial charge in [-0.2, -0.15) is 0 Å². The highest BCUT2D eigenvalue weighted by Gasteiger charge is 2.24. The van der Waals surface area contributed by atoms with Gasteiger partial charge in [-0.25, -0.2) is 0 Å². The summed E-state index contributed by atoms with van der Waals surface area (Å²) in [6, 6.07) is 6.16. The van der Waals surface area contributed by atoms with Crippen molar-refractivity contribution in [3.05, 3.63) is 35.4 Å². The second kappa shape index (κ2) is 8.64. The van der Waals surface area contributed by atoms with Crippen molar-refractivity contribution in [1.82, 2.24) is 0 Å². The van der Waals surface area contributed by atoms with Crippen molar-refractivity contribution >= 4 is 11.9 Å². The standard InChI is InChI=1S/C20H32N2O4/c1-19(2,3)25-17(23)11-15(21)13-9-7-8-10-14(13)16(22)12-18(24)26-20(4,5)6/h7-10,15-16H,11-12,21-22H2,1-6H3/t15-,16-/m1/s1. The van der Waals surface area contributed by atoms with Crippen LogP contribution in [0.5, 0.6) is 0 Å². The quantitative estimate of drug-likeness (QED) is 0.751. The van der Waals surface area contributed by atoms with Crippen molar-refractivity contribution < 1.29 is 19.1 Å². The molecule has 0 bridgehead atoms. The molecule has 0 fully saturated rings. The average molecular weight is 364 g/mol. The number of carbonyl (C=O) groups is 2. The summed E-state index contributed by atoms with van der Waals surface area (Å²) in [4.78, 5) is 24.1. The van der Waals surface area contributed by atoms with E-state index in [4.69, 9.17) is 20.9 Å². The summed E-state index contributed by atoms with van der Waals surface area (Å²) in [5.74, 6) is -0.749. The summed E-state index contributed by atoms with van der Waals surface area (Å²) in [6.45, 7) is 10.8. The fourth-order valence-corrected chi connectivity index (χ4v) is 2.53. The second-order valence-electron chi connectivity index (χ2n) is 8.42. The van der Waals surface area contributed by atoms with Crippen LogP contribution in [0, 0.1) is 0 Å². The number of ether oxygens (including phenoxy) is 2. The van der Waals surface area contributed by atoms with Gasteiger partial charge in [0.15, 0.2) is 0 Å². The summed E-state index contributed by atoms with van der Waals surface area (Å²) in [5, 5.41) is 0. The number of hydrogen-bond donors (Lipinski definition) is 2. The maximum absolute atomic E-state index is 12.1. The minimum Gasteiger partial charge on any atom is -0.460 e. The number of rotatable bonds is 6. The van der Waals surface area contributed by atoms with Crippen molar-refractivity contribution in [3.63, 3.8) is 0 Å². The Kier molecular flexibility index (Phi) is 7.35. The van der Waals surface area contributed by atoms with Crippen LogP contribution in [0.1, 0.15) is 77.6 Å². The molecule has 1 rings (SSSR count). The van der Waals surface area contributed by atoms with Crippen LogP contribution >= 0.6 is 0 Å². The average Bonchev–Trinajstić information content (AvgIpc) is 2.42. The van der Waals surface area contributed by atoms with Gasteiger partial charge in [0.1, 0.15) is 11.2 Å². The number of esters is 2. The summed E-state index contributed by atoms with van der Waals surface area (Å²) < 4.78 is 10.7. The Bertz CT molecular complexity index is 574. The van der Waals surface area contributed by atoms with Crippen LogP contribution in [0.4, 0.5) is 0 Å². The highest BCUT2D eigenvalue weighted by atomic mass is 16.6. The molecule has 0 saturated heterocycles. The lowest BCUT2D eigenvalue weighted by Crippen LogP contribution is -2.29. The van der Waals surface area contributed by atoms with Crippen molar-refractivity contribution in [1.29, 1.82) is 0 Å². The minimum absolute atomic E-state index is 0.0352. The zero-order valence-corrected chi connectivity index (χ0v) is 16.7. The molecule has 0 aliphatic heterocycles. The van der Waals surface area contributed by atoms with Crippen molar-refractivity contribution in [2.45, 2.75) is 77.7 Å². The Morgan fingerprint density at radius 1 is 0.808 bits per heavy atom. The lowest BCUT2D eigenvalue weighted by molar-refractivity contribution is -0.156. The molecule has 0 aromatic heterocycles. The summed E-state index contributed by atoms with van der Waals surface area (Å²) >= 11 is 0. The number of nitrogens with two attached hydrogens (primary N) is 2. The smallest absolute Gasteiger partial charge is 0.308 e. The third kappa shape index (κ3) is 7.97. The van der Waals surface area contributed by atoms with E-state index in [0.29, 0.717) is 0 Å². The SMILES string of the molecule is CC(C)(C)OC(=O)C[C@@H](N)c1ccccc1[C@H](N)CC(=O)OC(C)(C)C. The molecular weight excluding hydrogens is 332 g/mol. The zero-order chi connectivity index (χ0) is 20.1. The predicted octanol–water partition coefficient (Wildman–Crippen LogP) is 3.15. The fraction of sp³-hybridized carbons (Fsp3) is 0.600. The molecule has 0 aliphatic rings. The summed E-state index contributed by atoms with van der Waals surface area (Å²) in [6.07, 6.45) is 0.0703. The summed E-state index contributed by atoms with van der Waals surface area (Å²) in [7, 11) is 0. The molecule has 0 radical (unpaired) electrons. The number of carbonyl (C=O) groups excluding carboxylic acids is 2. The second-order valence-corrected chi connectivity index (χ2v) is 8.42. The first-order chi connectivity index (χ1) is 11.8. The Labute approximate surface area is 156 Å². The lowest BCUT2D eigenvalue weighted by Gasteiger charge is -2.24. The van der Waals surface area contributed by atoms with Gasteiger partial charge < -0.3 is 20.9 Å². The number of benzene rings is 1. The molecule has 26 heavy (non-hydrogen) atoms. The van der Waals surface area contributed by atoms with Crippen LogP contribution in [-0.2, 0) is 19.1 Å². The van der Waals surface area contributed by atoms with Crippen molar-refractivity contribution in [2.24, 2.45) is 11.5 Å². The first-order valence-electron chi connectivity index (χ1n) is 8.82. The first-order valence-corrected chi connectivity index (χ1v) is 8.82. The third-order valence-corrected chi connectivity index (χ3v) is 3.41. The van der Waals surface area contributed by atoms with Gasteiger partial charge in [-0.05, 0) is 52.7 Å². The Balaban J connectivity index is 2.86. The highest BCUT2D eigenvalue weighted by molar-refractivity contribution is 5.72. The molecule has 0 aliphatic carbocycles. The topological polar surface area (TPSA) is 105 Å². The van der Waals surface area contributed by atoms with E-state index in [9.17, 15) is 9.59 Å². The molecule has 0 heterocycles. The Morgan fingerprint density at radius 3 is 1.38 bits per heavy atom. The van der Waals surface area contributed by atoms with E-state index >= 15 is 0 Å². The van der Waals surface area contributed by atoms with E-state index in [1.165, 1.54) is 0 Å². The Morgan fingerprint density at radius 2 is 1.12 bits per heavy atom. The molecule has 6 nitrogen and oxygen atoms in total. The maximum Gasteiger partial charge on any atom is 0.308 e. The molecule has 0 amide bonds. The number of hydrogen-bond acceptors (Lipinski definition) is 6. The normalized spacial score (nSPS) is 14.5. The van der Waals surface area contributed by atoms with Crippen LogP contribution in [0.3, 0.4) is 0 Å². The molecule has 2 atom stereocenters. The minimum atomic E-state index is -0.566. The molecule has 0 spiro atoms. The van der Waals surface area contributed by atoms with E-state index in [2.05, 4.69) is 0 Å². The molecule has 146 valence electrons. The van der Waals surface area contributed by atoms with Crippen molar-refractivity contribution in [3.8, 4) is 0 Å². The monoisotopic (exact) mass is 364 g/mol. The largest absolute Gasteiger partial charge is 0.460 e. The van der Waals surface area contributed by atoms with Gasteiger partial charge in [-0.1, -0.05) is 24.3 Å². The third-order valence-electron chi connectivity index (χ3n) is 3.41. The lowest BCUT2D eigenvalue weighted by atomic mass is 9.93. The van der Waals surface area contributed by atoms with Gasteiger partial charge in [0, 0.05) is 12.1 Å². The molecule has 0 saturated carbocycles. The van der Waals surface area contributed by atoms with E-state index in [1.807, 2.05) is 24.3 Å². The predicted molar refractivity (Wildman–Crippen MR) is 101 cm³/mol. The van der Waals surface area contributed by atoms with Gasteiger partial charge in [-0.15, -0.1) is 0 Å². The van der Waals surface area contributed by atoms with Crippen LogP contribution in [0.2, 0.25) is 0 Å². The Hall–Kier alpha value is -1.92. The van der Waals surface area contributed by atoms with E-state index in [0.717, 1.165) is 11.1 Å². The first kappa shape index (κ1) is 22.1. The molecule has 0 unspecified atom stereocenters. The summed E-state index contributed by atoms with van der Waals surface area (Å²) in [5.41, 5.74) is 12.8. The molecular formula is C20H32N2O4. The maximum atomic E-state index is 12.1. The van der Waals surface area contributed by atoms with Crippen LogP contribution in [-0.4, -0.2) is 23.1 Å². The van der Waals surface area contributed by atoms with Crippen LogP contribution < -0.4 is 11.5 Å². The van der Waals surface area contributed by atoms with E-state index < -0.39 is 23.3 Å². The fourth-order valence-electron chi connectivity index (χ4n) is 2.53. The van der Waals surface area contributed by atoms with Crippen LogP contribution in [0.15, 0.2) is 24.3 Å². The van der Waals surface area contributed by atoms with Gasteiger partial charge in [0.05, 0.1) is 12.8 Å². The highest BCUT2D eigenvalue weighted by Crippen LogP contribution is 2.26. The van der Waals surface area contributed by atoms with Crippen LogP contribution in [0.25, 0.3) is 0 Å². The van der Waals surface area contributed by atoms with E-state index in [-0.39, 0.29) is 24.8 Å². The zero-order valence-electron chi connectivity index (χ0n) is 16.7.